The molecule has 0 saturated heterocycles. The van der Waals surface area contributed by atoms with E-state index in [1.165, 1.54) is 22.1 Å². The first-order chi connectivity index (χ1) is 21.5. The van der Waals surface area contributed by atoms with Crippen LogP contribution in [0.5, 0.6) is 5.75 Å². The Bertz CT molecular complexity index is 1880. The maximum atomic E-state index is 15.3. The van der Waals surface area contributed by atoms with Crippen molar-refractivity contribution in [3.05, 3.63) is 117 Å². The number of ether oxygens (including phenoxy) is 1. The zero-order chi connectivity index (χ0) is 32.3. The van der Waals surface area contributed by atoms with E-state index < -0.39 is 29.1 Å². The van der Waals surface area contributed by atoms with E-state index in [0.717, 1.165) is 34.4 Å². The van der Waals surface area contributed by atoms with Crippen LogP contribution in [0.15, 0.2) is 72.6 Å². The Morgan fingerprint density at radius 1 is 1.18 bits per heavy atom. The molecule has 0 radical (unpaired) electrons. The second-order valence-electron chi connectivity index (χ2n) is 10.9. The molecular formula is C33H31F2N6O3S+. The summed E-state index contributed by atoms with van der Waals surface area (Å²) in [5.74, 6) is -2.40. The fourth-order valence-corrected chi connectivity index (χ4v) is 6.24. The number of aryl methyl sites for hydroxylation is 2. The minimum Gasteiger partial charge on any atom is -0.425 e. The highest BCUT2D eigenvalue weighted by Crippen LogP contribution is 2.41. The van der Waals surface area contributed by atoms with Crippen LogP contribution in [-0.4, -0.2) is 32.4 Å². The van der Waals surface area contributed by atoms with Gasteiger partial charge in [-0.2, -0.15) is 5.26 Å². The molecule has 0 unspecified atom stereocenters. The van der Waals surface area contributed by atoms with Crippen molar-refractivity contribution in [3.8, 4) is 23.1 Å². The summed E-state index contributed by atoms with van der Waals surface area (Å²) >= 11 is 1.31. The number of benzene rings is 3. The van der Waals surface area contributed by atoms with Gasteiger partial charge in [0.2, 0.25) is 6.33 Å². The van der Waals surface area contributed by atoms with Crippen molar-refractivity contribution in [2.75, 3.05) is 6.54 Å². The summed E-state index contributed by atoms with van der Waals surface area (Å²) < 4.78 is 37.8. The smallest absolute Gasteiger partial charge is 0.325 e. The van der Waals surface area contributed by atoms with Crippen molar-refractivity contribution in [2.45, 2.75) is 45.4 Å². The van der Waals surface area contributed by atoms with Crippen LogP contribution < -0.4 is 15.0 Å². The third-order valence-corrected chi connectivity index (χ3v) is 8.64. The fourth-order valence-electron chi connectivity index (χ4n) is 5.27. The van der Waals surface area contributed by atoms with Crippen molar-refractivity contribution in [1.82, 2.24) is 14.8 Å². The van der Waals surface area contributed by atoms with Gasteiger partial charge in [0, 0.05) is 33.6 Å². The SMILES string of the molecule is Cc1cc(C[n+]2cnn(C[C@](O)(c3ccc(F)cc3F)[C@@H](C)c3nc(-c4ccc(C#N)cc4)cs3)c2)cc(C)c1OC(=O)CN. The van der Waals surface area contributed by atoms with Gasteiger partial charge in [0.1, 0.15) is 29.5 Å². The molecule has 3 aromatic carbocycles. The van der Waals surface area contributed by atoms with Crippen LogP contribution in [0, 0.1) is 36.8 Å². The van der Waals surface area contributed by atoms with E-state index in [9.17, 15) is 14.3 Å². The molecule has 12 heteroatoms. The van der Waals surface area contributed by atoms with Crippen LogP contribution in [0.4, 0.5) is 8.78 Å². The summed E-state index contributed by atoms with van der Waals surface area (Å²) in [6.45, 7) is 5.48. The molecule has 0 aliphatic heterocycles. The first-order valence-corrected chi connectivity index (χ1v) is 14.9. The van der Waals surface area contributed by atoms with Crippen LogP contribution in [-0.2, 0) is 23.5 Å². The van der Waals surface area contributed by atoms with Gasteiger partial charge in [-0.25, -0.2) is 18.3 Å². The number of nitrogens with two attached hydrogens (primary N) is 1. The lowest BCUT2D eigenvalue weighted by Gasteiger charge is -2.32. The highest BCUT2D eigenvalue weighted by Gasteiger charge is 2.43. The summed E-state index contributed by atoms with van der Waals surface area (Å²) in [5, 5.41) is 28.1. The topological polar surface area (TPSA) is 131 Å². The first kappa shape index (κ1) is 31.6. The Kier molecular flexibility index (Phi) is 9.15. The van der Waals surface area contributed by atoms with Crippen molar-refractivity contribution >= 4 is 17.3 Å². The average Bonchev–Trinajstić information content (AvgIpc) is 3.68. The quantitative estimate of drug-likeness (QED) is 0.131. The molecule has 9 nitrogen and oxygen atoms in total. The molecule has 2 heterocycles. The summed E-state index contributed by atoms with van der Waals surface area (Å²) in [7, 11) is 0. The molecule has 5 aromatic rings. The normalized spacial score (nSPS) is 13.2. The highest BCUT2D eigenvalue weighted by atomic mass is 32.1. The van der Waals surface area contributed by atoms with Crippen molar-refractivity contribution in [1.29, 1.82) is 5.26 Å². The lowest BCUT2D eigenvalue weighted by atomic mass is 9.82. The molecule has 0 saturated carbocycles. The summed E-state index contributed by atoms with van der Waals surface area (Å²) in [4.78, 5) is 16.4. The minimum atomic E-state index is -1.86. The van der Waals surface area contributed by atoms with Crippen LogP contribution in [0.25, 0.3) is 11.3 Å². The number of nitrogens with zero attached hydrogens (tertiary/aromatic N) is 5. The number of carbonyl (C=O) groups is 1. The predicted octanol–water partition coefficient (Wildman–Crippen LogP) is 4.66. The zero-order valence-corrected chi connectivity index (χ0v) is 25.7. The molecular weight excluding hydrogens is 598 g/mol. The number of rotatable bonds is 10. The molecule has 0 amide bonds. The lowest BCUT2D eigenvalue weighted by molar-refractivity contribution is -0.689. The molecule has 0 fully saturated rings. The van der Waals surface area contributed by atoms with E-state index in [1.807, 2.05) is 31.4 Å². The van der Waals surface area contributed by atoms with E-state index in [1.54, 1.807) is 48.4 Å². The Hall–Kier alpha value is -4.83. The molecule has 0 aliphatic rings. The van der Waals surface area contributed by atoms with Gasteiger partial charge in [0.15, 0.2) is 0 Å². The molecule has 5 rings (SSSR count). The molecule has 230 valence electrons. The molecule has 45 heavy (non-hydrogen) atoms. The molecule has 0 aliphatic carbocycles. The van der Waals surface area contributed by atoms with Gasteiger partial charge in [-0.1, -0.05) is 25.1 Å². The summed E-state index contributed by atoms with van der Waals surface area (Å²) in [5.41, 5.74) is 7.89. The Balaban J connectivity index is 1.43. The van der Waals surface area contributed by atoms with Crippen LogP contribution in [0.2, 0.25) is 0 Å². The number of halogens is 2. The van der Waals surface area contributed by atoms with Crippen LogP contribution >= 0.6 is 11.3 Å². The number of aliphatic hydroxyl groups is 1. The predicted molar refractivity (Wildman–Crippen MR) is 163 cm³/mol. The number of carbonyl (C=O) groups excluding carboxylic acids is 1. The number of nitriles is 1. The lowest BCUT2D eigenvalue weighted by Crippen LogP contribution is -2.39. The minimum absolute atomic E-state index is 0.0811. The second-order valence-corrected chi connectivity index (χ2v) is 11.8. The molecule has 0 bridgehead atoms. The van der Waals surface area contributed by atoms with Gasteiger partial charge in [0.25, 0.3) is 6.33 Å². The van der Waals surface area contributed by atoms with E-state index in [2.05, 4.69) is 11.2 Å². The fraction of sp³-hybridized carbons (Fsp3) is 0.242. The Labute approximate surface area is 262 Å². The number of hydrogen-bond donors (Lipinski definition) is 2. The summed E-state index contributed by atoms with van der Waals surface area (Å²) in [6.07, 6.45) is 3.28. The van der Waals surface area contributed by atoms with E-state index in [0.29, 0.717) is 28.6 Å². The van der Waals surface area contributed by atoms with Crippen molar-refractivity contribution < 1.29 is 28.0 Å². The van der Waals surface area contributed by atoms with Crippen molar-refractivity contribution in [2.24, 2.45) is 5.73 Å². The van der Waals surface area contributed by atoms with Crippen LogP contribution in [0.1, 0.15) is 45.7 Å². The number of aromatic nitrogens is 4. The average molecular weight is 630 g/mol. The zero-order valence-electron chi connectivity index (χ0n) is 24.9. The maximum absolute atomic E-state index is 15.3. The first-order valence-electron chi connectivity index (χ1n) is 14.1. The second kappa shape index (κ2) is 13.0. The third kappa shape index (κ3) is 6.81. The summed E-state index contributed by atoms with van der Waals surface area (Å²) in [6, 6.07) is 16.0. The molecule has 2 atom stereocenters. The molecule has 2 aromatic heterocycles. The highest BCUT2D eigenvalue weighted by molar-refractivity contribution is 7.10. The monoisotopic (exact) mass is 629 g/mol. The van der Waals surface area contributed by atoms with Crippen molar-refractivity contribution in [3.63, 3.8) is 0 Å². The van der Waals surface area contributed by atoms with Gasteiger partial charge in [0.05, 0.1) is 35.4 Å². The molecule has 3 N–H and O–H groups in total. The van der Waals surface area contributed by atoms with Gasteiger partial charge >= 0.3 is 5.97 Å². The van der Waals surface area contributed by atoms with Gasteiger partial charge < -0.3 is 15.6 Å². The third-order valence-electron chi connectivity index (χ3n) is 7.62. The van der Waals surface area contributed by atoms with Gasteiger partial charge in [-0.15, -0.1) is 16.0 Å². The van der Waals surface area contributed by atoms with E-state index >= 15 is 4.39 Å². The number of thiazole rings is 1. The number of esters is 1. The van der Waals surface area contributed by atoms with E-state index in [-0.39, 0.29) is 18.7 Å². The van der Waals surface area contributed by atoms with Crippen LogP contribution in [0.3, 0.4) is 0 Å². The van der Waals surface area contributed by atoms with Gasteiger partial charge in [-0.3, -0.25) is 4.79 Å². The van der Waals surface area contributed by atoms with Gasteiger partial charge in [-0.05, 0) is 60.9 Å². The maximum Gasteiger partial charge on any atom is 0.325 e. The largest absolute Gasteiger partial charge is 0.425 e. The Morgan fingerprint density at radius 2 is 1.89 bits per heavy atom. The van der Waals surface area contributed by atoms with E-state index in [4.69, 9.17) is 20.7 Å². The molecule has 0 spiro atoms. The Morgan fingerprint density at radius 3 is 2.53 bits per heavy atom. The number of hydrogen-bond acceptors (Lipinski definition) is 8. The standard InChI is InChI=1S/C33H31F2N6O3S/c1-20-10-24(11-21(2)31(20)44-30(42)14-37)15-40-18-38-41(19-40)17-33(43,27-9-8-26(34)12-28(27)35)22(3)32-39-29(16-45-32)25-6-4-23(13-36)5-7-25/h4-12,16,18-19,22,43H,14-15,17,37H2,1-3H3/q+1/t22-,33+/m0/s1.